The van der Waals surface area contributed by atoms with Gasteiger partial charge in [-0.2, -0.15) is 5.10 Å². The zero-order chi connectivity index (χ0) is 17.2. The largest absolute Gasteiger partial charge is 0.372 e. The molecule has 1 aromatic carbocycles. The number of aromatic nitrogens is 2. The number of hydrogen-bond donors (Lipinski definition) is 1. The molecule has 1 aliphatic rings. The van der Waals surface area contributed by atoms with Crippen LogP contribution in [0.5, 0.6) is 0 Å². The van der Waals surface area contributed by atoms with E-state index < -0.39 is 21.6 Å². The van der Waals surface area contributed by atoms with Crippen LogP contribution in [0, 0.1) is 5.82 Å². The summed E-state index contributed by atoms with van der Waals surface area (Å²) in [5, 5.41) is 4.11. The van der Waals surface area contributed by atoms with Crippen LogP contribution in [0.15, 0.2) is 36.7 Å². The predicted octanol–water partition coefficient (Wildman–Crippen LogP) is 1.90. The average Bonchev–Trinajstić information content (AvgIpc) is 2.96. The Hall–Kier alpha value is -1.77. The van der Waals surface area contributed by atoms with Gasteiger partial charge in [0.15, 0.2) is 0 Å². The van der Waals surface area contributed by atoms with E-state index in [-0.39, 0.29) is 17.7 Å². The molecule has 130 valence electrons. The van der Waals surface area contributed by atoms with Crippen LogP contribution in [-0.4, -0.2) is 30.8 Å². The monoisotopic (exact) mass is 353 g/mol. The van der Waals surface area contributed by atoms with Gasteiger partial charge in [-0.25, -0.2) is 17.5 Å². The number of ether oxygens (including phenoxy) is 1. The van der Waals surface area contributed by atoms with E-state index >= 15 is 0 Å². The number of nitrogens with zero attached hydrogens (tertiary/aromatic N) is 2. The van der Waals surface area contributed by atoms with Crippen LogP contribution in [-0.2, 0) is 27.6 Å². The van der Waals surface area contributed by atoms with E-state index in [1.807, 2.05) is 6.20 Å². The van der Waals surface area contributed by atoms with E-state index in [9.17, 15) is 12.8 Å². The topological polar surface area (TPSA) is 73.2 Å². The number of nitrogens with one attached hydrogen (secondary N) is 1. The van der Waals surface area contributed by atoms with Crippen molar-refractivity contribution in [3.05, 3.63) is 53.6 Å². The van der Waals surface area contributed by atoms with Gasteiger partial charge in [-0.15, -0.1) is 0 Å². The lowest BCUT2D eigenvalue weighted by molar-refractivity contribution is -0.00447. The molecule has 6 nitrogen and oxygen atoms in total. The maximum Gasteiger partial charge on any atom is 0.216 e. The number of aryl methyl sites for hydroxylation is 1. The molecule has 0 radical (unpaired) electrons. The molecule has 24 heavy (non-hydrogen) atoms. The Morgan fingerprint density at radius 1 is 1.42 bits per heavy atom. The molecule has 1 fully saturated rings. The van der Waals surface area contributed by atoms with Gasteiger partial charge < -0.3 is 4.74 Å². The Balaban J connectivity index is 1.75. The average molecular weight is 353 g/mol. The number of sulfonamides is 1. The second kappa shape index (κ2) is 7.00. The first-order valence-corrected chi connectivity index (χ1v) is 9.43. The van der Waals surface area contributed by atoms with Crippen molar-refractivity contribution in [1.82, 2.24) is 14.5 Å². The lowest BCUT2D eigenvalue weighted by atomic mass is 9.99. The smallest absolute Gasteiger partial charge is 0.216 e. The molecule has 0 bridgehead atoms. The van der Waals surface area contributed by atoms with Crippen LogP contribution >= 0.6 is 0 Å². The molecule has 0 unspecified atom stereocenters. The van der Waals surface area contributed by atoms with E-state index in [1.54, 1.807) is 24.0 Å². The lowest BCUT2D eigenvalue weighted by Gasteiger charge is -2.31. The van der Waals surface area contributed by atoms with Crippen molar-refractivity contribution in [1.29, 1.82) is 0 Å². The number of halogens is 1. The standard InChI is InChI=1S/C16H20FN3O3S/c1-20-10-13(9-18-20)16-15(7-4-8-23-16)19-24(21,22)11-12-5-2-3-6-14(12)17/h2-3,5-6,9-10,15-16,19H,4,7-8,11H2,1H3/t15-,16+/m0/s1. The third-order valence-electron chi connectivity index (χ3n) is 4.01. The fourth-order valence-corrected chi connectivity index (χ4v) is 4.34. The quantitative estimate of drug-likeness (QED) is 0.891. The van der Waals surface area contributed by atoms with Gasteiger partial charge >= 0.3 is 0 Å². The molecule has 3 rings (SSSR count). The normalized spacial score (nSPS) is 21.8. The van der Waals surface area contributed by atoms with Gasteiger partial charge in [0.1, 0.15) is 11.9 Å². The molecule has 0 aliphatic carbocycles. The maximum atomic E-state index is 13.7. The molecule has 0 spiro atoms. The molecule has 2 atom stereocenters. The summed E-state index contributed by atoms with van der Waals surface area (Å²) in [4.78, 5) is 0. The summed E-state index contributed by atoms with van der Waals surface area (Å²) in [6, 6.07) is 5.50. The highest BCUT2D eigenvalue weighted by Crippen LogP contribution is 2.29. The SMILES string of the molecule is Cn1cc([C@H]2OCCC[C@@H]2NS(=O)(=O)Cc2ccccc2F)cn1. The van der Waals surface area contributed by atoms with Gasteiger partial charge in [-0.3, -0.25) is 4.68 Å². The van der Waals surface area contributed by atoms with Crippen LogP contribution in [0.4, 0.5) is 4.39 Å². The van der Waals surface area contributed by atoms with Gasteiger partial charge in [-0.1, -0.05) is 18.2 Å². The van der Waals surface area contributed by atoms with Crippen molar-refractivity contribution in [2.24, 2.45) is 7.05 Å². The fourth-order valence-electron chi connectivity index (χ4n) is 2.91. The second-order valence-electron chi connectivity index (χ2n) is 5.96. The summed E-state index contributed by atoms with van der Waals surface area (Å²) < 4.78 is 48.7. The highest BCUT2D eigenvalue weighted by molar-refractivity contribution is 7.88. The summed E-state index contributed by atoms with van der Waals surface area (Å²) in [5.74, 6) is -0.915. The fraction of sp³-hybridized carbons (Fsp3) is 0.438. The van der Waals surface area contributed by atoms with Crippen LogP contribution in [0.2, 0.25) is 0 Å². The van der Waals surface area contributed by atoms with Gasteiger partial charge in [-0.05, 0) is 18.9 Å². The number of hydrogen-bond acceptors (Lipinski definition) is 4. The van der Waals surface area contributed by atoms with Gasteiger partial charge in [0.25, 0.3) is 0 Å². The second-order valence-corrected chi connectivity index (χ2v) is 7.71. The van der Waals surface area contributed by atoms with E-state index in [0.717, 1.165) is 12.0 Å². The molecule has 1 aliphatic heterocycles. The van der Waals surface area contributed by atoms with Crippen molar-refractivity contribution in [3.63, 3.8) is 0 Å². The number of rotatable bonds is 5. The predicted molar refractivity (Wildman–Crippen MR) is 87.1 cm³/mol. The molecule has 1 N–H and O–H groups in total. The van der Waals surface area contributed by atoms with Crippen LogP contribution in [0.3, 0.4) is 0 Å². The Morgan fingerprint density at radius 3 is 2.92 bits per heavy atom. The van der Waals surface area contributed by atoms with Crippen molar-refractivity contribution < 1.29 is 17.5 Å². The first-order chi connectivity index (χ1) is 11.4. The summed E-state index contributed by atoms with van der Waals surface area (Å²) in [7, 11) is -1.89. The summed E-state index contributed by atoms with van der Waals surface area (Å²) in [5.41, 5.74) is 0.982. The first-order valence-electron chi connectivity index (χ1n) is 7.78. The Bertz CT molecular complexity index is 806. The van der Waals surface area contributed by atoms with Crippen LogP contribution in [0.1, 0.15) is 30.1 Å². The third-order valence-corrected chi connectivity index (χ3v) is 5.36. The Kier molecular flexibility index (Phi) is 4.98. The lowest BCUT2D eigenvalue weighted by Crippen LogP contribution is -2.43. The van der Waals surface area contributed by atoms with Gasteiger partial charge in [0, 0.05) is 31.0 Å². The van der Waals surface area contributed by atoms with Crippen molar-refractivity contribution in [3.8, 4) is 0 Å². The molecule has 0 amide bonds. The van der Waals surface area contributed by atoms with Gasteiger partial charge in [0.2, 0.25) is 10.0 Å². The zero-order valence-electron chi connectivity index (χ0n) is 13.4. The zero-order valence-corrected chi connectivity index (χ0v) is 14.2. The van der Waals surface area contributed by atoms with E-state index in [4.69, 9.17) is 4.74 Å². The molecular weight excluding hydrogens is 333 g/mol. The molecule has 2 heterocycles. The van der Waals surface area contributed by atoms with Crippen LogP contribution in [0.25, 0.3) is 0 Å². The highest BCUT2D eigenvalue weighted by Gasteiger charge is 2.32. The molecule has 1 saturated heterocycles. The highest BCUT2D eigenvalue weighted by atomic mass is 32.2. The summed E-state index contributed by atoms with van der Waals surface area (Å²) >= 11 is 0. The Morgan fingerprint density at radius 2 is 2.21 bits per heavy atom. The third kappa shape index (κ3) is 4.00. The molecule has 8 heteroatoms. The number of benzene rings is 1. The molecule has 2 aromatic rings. The molecule has 0 saturated carbocycles. The summed E-state index contributed by atoms with van der Waals surface area (Å²) in [6.07, 6.45) is 4.53. The van der Waals surface area contributed by atoms with Crippen molar-refractivity contribution in [2.45, 2.75) is 30.7 Å². The van der Waals surface area contributed by atoms with E-state index in [2.05, 4.69) is 9.82 Å². The molecule has 1 aromatic heterocycles. The minimum absolute atomic E-state index is 0.152. The minimum Gasteiger partial charge on any atom is -0.372 e. The molecular formula is C16H20FN3O3S. The maximum absolute atomic E-state index is 13.7. The van der Waals surface area contributed by atoms with Crippen molar-refractivity contribution >= 4 is 10.0 Å². The van der Waals surface area contributed by atoms with E-state index in [0.29, 0.717) is 13.0 Å². The van der Waals surface area contributed by atoms with Crippen LogP contribution < -0.4 is 4.72 Å². The summed E-state index contributed by atoms with van der Waals surface area (Å²) in [6.45, 7) is 0.575. The van der Waals surface area contributed by atoms with Crippen molar-refractivity contribution in [2.75, 3.05) is 6.61 Å². The minimum atomic E-state index is -3.69. The van der Waals surface area contributed by atoms with E-state index in [1.165, 1.54) is 18.2 Å². The van der Waals surface area contributed by atoms with Gasteiger partial charge in [0.05, 0.1) is 18.0 Å². The first kappa shape index (κ1) is 17.1. The Labute approximate surface area is 140 Å².